The van der Waals surface area contributed by atoms with Crippen LogP contribution in [-0.4, -0.2) is 26.5 Å². The van der Waals surface area contributed by atoms with Gasteiger partial charge in [-0.1, -0.05) is 0 Å². The molecule has 0 aromatic carbocycles. The van der Waals surface area contributed by atoms with E-state index in [-0.39, 0.29) is 0 Å². The van der Waals surface area contributed by atoms with Crippen LogP contribution < -0.4 is 0 Å². The third kappa shape index (κ3) is 1.70. The van der Waals surface area contributed by atoms with E-state index in [0.717, 1.165) is 19.6 Å². The second-order valence-electron chi connectivity index (χ2n) is 2.27. The van der Waals surface area contributed by atoms with Crippen molar-refractivity contribution in [3.8, 4) is 0 Å². The van der Waals surface area contributed by atoms with E-state index in [1.165, 1.54) is 0 Å². The summed E-state index contributed by atoms with van der Waals surface area (Å²) in [5.74, 6) is 0. The quantitative estimate of drug-likeness (QED) is 0.469. The molecule has 1 saturated heterocycles. The van der Waals surface area contributed by atoms with Crippen molar-refractivity contribution in [2.45, 2.75) is 6.42 Å². The molecular formula is C5H12O2P+. The first kappa shape index (κ1) is 6.47. The second-order valence-corrected chi connectivity index (χ2v) is 5.29. The van der Waals surface area contributed by atoms with E-state index < -0.39 is 7.72 Å². The fourth-order valence-corrected chi connectivity index (χ4v) is 1.88. The van der Waals surface area contributed by atoms with Crippen molar-refractivity contribution in [1.29, 1.82) is 0 Å². The van der Waals surface area contributed by atoms with Crippen LogP contribution in [0.2, 0.25) is 0 Å². The van der Waals surface area contributed by atoms with Gasteiger partial charge in [0.05, 0.1) is 13.2 Å². The van der Waals surface area contributed by atoms with Crippen molar-refractivity contribution in [2.24, 2.45) is 0 Å². The molecule has 0 atom stereocenters. The van der Waals surface area contributed by atoms with Gasteiger partial charge >= 0.3 is 0 Å². The number of hydrogen-bond acceptors (Lipinski definition) is 2. The lowest BCUT2D eigenvalue weighted by Gasteiger charge is -2.19. The molecule has 0 unspecified atom stereocenters. The zero-order valence-corrected chi connectivity index (χ0v) is 6.28. The molecule has 0 saturated carbocycles. The minimum atomic E-state index is -1.34. The predicted octanol–water partition coefficient (Wildman–Crippen LogP) is 1.53. The molecule has 1 aliphatic heterocycles. The van der Waals surface area contributed by atoms with Crippen LogP contribution >= 0.6 is 7.72 Å². The normalized spacial score (nSPS) is 27.8. The van der Waals surface area contributed by atoms with E-state index in [2.05, 4.69) is 0 Å². The highest BCUT2D eigenvalue weighted by Crippen LogP contribution is 2.55. The summed E-state index contributed by atoms with van der Waals surface area (Å²) >= 11 is 0. The molecule has 1 heterocycles. The van der Waals surface area contributed by atoms with E-state index in [0.29, 0.717) is 0 Å². The molecule has 2 nitrogen and oxygen atoms in total. The van der Waals surface area contributed by atoms with Gasteiger partial charge in [-0.05, 0) is 0 Å². The standard InChI is InChI=1S/C5H12O2P/c1-8(2)6-4-3-5-7-8/h3-5H2,1-2H3/q+1. The molecule has 1 aliphatic rings. The van der Waals surface area contributed by atoms with Crippen molar-refractivity contribution >= 4 is 7.72 Å². The van der Waals surface area contributed by atoms with Crippen molar-refractivity contribution in [3.05, 3.63) is 0 Å². The lowest BCUT2D eigenvalue weighted by atomic mass is 10.5. The van der Waals surface area contributed by atoms with E-state index in [9.17, 15) is 0 Å². The summed E-state index contributed by atoms with van der Waals surface area (Å²) in [5.41, 5.74) is 0. The second kappa shape index (κ2) is 2.30. The zero-order chi connectivity index (χ0) is 6.04. The van der Waals surface area contributed by atoms with Gasteiger partial charge < -0.3 is 0 Å². The number of hydrogen-bond donors (Lipinski definition) is 0. The fourth-order valence-electron chi connectivity index (χ4n) is 0.665. The molecule has 0 bridgehead atoms. The van der Waals surface area contributed by atoms with Crippen molar-refractivity contribution < 1.29 is 9.05 Å². The first-order chi connectivity index (χ1) is 3.71. The average molecular weight is 135 g/mol. The Morgan fingerprint density at radius 1 is 1.12 bits per heavy atom. The largest absolute Gasteiger partial charge is 0.269 e. The van der Waals surface area contributed by atoms with Gasteiger partial charge in [-0.3, -0.25) is 0 Å². The summed E-state index contributed by atoms with van der Waals surface area (Å²) in [6.45, 7) is 5.87. The Balaban J connectivity index is 2.33. The van der Waals surface area contributed by atoms with Crippen LogP contribution in [0.5, 0.6) is 0 Å². The molecule has 1 rings (SSSR count). The molecule has 3 heteroatoms. The average Bonchev–Trinajstić information content (AvgIpc) is 1.65. The van der Waals surface area contributed by atoms with Gasteiger partial charge in [0, 0.05) is 6.42 Å². The summed E-state index contributed by atoms with van der Waals surface area (Å²) in [4.78, 5) is 0. The van der Waals surface area contributed by atoms with Crippen molar-refractivity contribution in [1.82, 2.24) is 0 Å². The molecule has 0 N–H and O–H groups in total. The highest BCUT2D eigenvalue weighted by Gasteiger charge is 2.31. The third-order valence-electron chi connectivity index (χ3n) is 1.09. The highest BCUT2D eigenvalue weighted by molar-refractivity contribution is 7.65. The molecule has 1 fully saturated rings. The molecule has 0 amide bonds. The topological polar surface area (TPSA) is 18.5 Å². The van der Waals surface area contributed by atoms with Gasteiger partial charge in [-0.15, -0.1) is 0 Å². The molecule has 0 radical (unpaired) electrons. The molecule has 0 aliphatic carbocycles. The summed E-state index contributed by atoms with van der Waals surface area (Å²) < 4.78 is 10.7. The fraction of sp³-hybridized carbons (Fsp3) is 1.00. The van der Waals surface area contributed by atoms with Crippen molar-refractivity contribution in [2.75, 3.05) is 26.5 Å². The van der Waals surface area contributed by atoms with E-state index >= 15 is 0 Å². The van der Waals surface area contributed by atoms with E-state index in [1.807, 2.05) is 13.3 Å². The minimum Gasteiger partial charge on any atom is -0.207 e. The van der Waals surface area contributed by atoms with Crippen LogP contribution in [0.3, 0.4) is 0 Å². The Labute approximate surface area is 50.7 Å². The molecule has 0 aromatic rings. The maximum Gasteiger partial charge on any atom is 0.269 e. The van der Waals surface area contributed by atoms with Crippen LogP contribution in [0.1, 0.15) is 6.42 Å². The zero-order valence-electron chi connectivity index (χ0n) is 5.39. The maximum absolute atomic E-state index is 5.35. The summed E-state index contributed by atoms with van der Waals surface area (Å²) in [5, 5.41) is 0. The van der Waals surface area contributed by atoms with Gasteiger partial charge in [0.15, 0.2) is 0 Å². The van der Waals surface area contributed by atoms with Gasteiger partial charge in [0.2, 0.25) is 0 Å². The Bertz CT molecular complexity index is 74.5. The van der Waals surface area contributed by atoms with Crippen LogP contribution in [0.25, 0.3) is 0 Å². The summed E-state index contributed by atoms with van der Waals surface area (Å²) in [6, 6.07) is 0. The molecule has 0 spiro atoms. The monoisotopic (exact) mass is 135 g/mol. The van der Waals surface area contributed by atoms with Crippen molar-refractivity contribution in [3.63, 3.8) is 0 Å². The lowest BCUT2D eigenvalue weighted by molar-refractivity contribution is 0.172. The summed E-state index contributed by atoms with van der Waals surface area (Å²) in [6.07, 6.45) is 1.06. The Hall–Kier alpha value is 0.350. The van der Waals surface area contributed by atoms with Gasteiger partial charge in [-0.25, -0.2) is 9.05 Å². The Morgan fingerprint density at radius 3 is 1.88 bits per heavy atom. The minimum absolute atomic E-state index is 0.890. The third-order valence-corrected chi connectivity index (χ3v) is 2.70. The lowest BCUT2D eigenvalue weighted by Crippen LogP contribution is -2.10. The molecule has 0 aromatic heterocycles. The molecular weight excluding hydrogens is 123 g/mol. The van der Waals surface area contributed by atoms with Crippen LogP contribution in [-0.2, 0) is 9.05 Å². The predicted molar refractivity (Wildman–Crippen MR) is 35.3 cm³/mol. The highest BCUT2D eigenvalue weighted by atomic mass is 31.2. The maximum atomic E-state index is 5.35. The summed E-state index contributed by atoms with van der Waals surface area (Å²) in [7, 11) is -1.34. The van der Waals surface area contributed by atoms with Crippen LogP contribution in [0.4, 0.5) is 0 Å². The smallest absolute Gasteiger partial charge is 0.207 e. The number of rotatable bonds is 0. The molecule has 8 heavy (non-hydrogen) atoms. The van der Waals surface area contributed by atoms with Gasteiger partial charge in [0.1, 0.15) is 13.3 Å². The Morgan fingerprint density at radius 2 is 1.62 bits per heavy atom. The van der Waals surface area contributed by atoms with Gasteiger partial charge in [0.25, 0.3) is 7.72 Å². The first-order valence-corrected chi connectivity index (χ1v) is 5.36. The van der Waals surface area contributed by atoms with Crippen LogP contribution in [0.15, 0.2) is 0 Å². The first-order valence-electron chi connectivity index (χ1n) is 2.84. The Kier molecular flexibility index (Phi) is 1.86. The molecule has 48 valence electrons. The van der Waals surface area contributed by atoms with Gasteiger partial charge in [-0.2, -0.15) is 0 Å². The van der Waals surface area contributed by atoms with E-state index in [1.54, 1.807) is 0 Å². The van der Waals surface area contributed by atoms with Crippen LogP contribution in [0, 0.1) is 0 Å². The SMILES string of the molecule is C[P+]1(C)OCCCO1. The van der Waals surface area contributed by atoms with E-state index in [4.69, 9.17) is 9.05 Å².